The molecule has 4 fully saturated rings. The Kier molecular flexibility index (Phi) is 5.08. The highest BCUT2D eigenvalue weighted by Crippen LogP contribution is 2.62. The Morgan fingerprint density at radius 2 is 1.80 bits per heavy atom. The van der Waals surface area contributed by atoms with E-state index in [0.29, 0.717) is 29.1 Å². The molecule has 1 amide bonds. The molecule has 166 valence electrons. The summed E-state index contributed by atoms with van der Waals surface area (Å²) in [5.41, 5.74) is 0.704. The number of amides is 1. The highest BCUT2D eigenvalue weighted by molar-refractivity contribution is 7.91. The highest BCUT2D eigenvalue weighted by atomic mass is 32.2. The first-order valence-corrected chi connectivity index (χ1v) is 13.6. The molecular weight excluding hydrogens is 418 g/mol. The Hall–Kier alpha value is -0.960. The molecule has 3 aliphatic heterocycles. The van der Waals surface area contributed by atoms with Gasteiger partial charge in [0.25, 0.3) is 10.0 Å². The molecule has 0 aromatic carbocycles. The fourth-order valence-corrected chi connectivity index (χ4v) is 9.88. The number of nitrogens with zero attached hydrogens (tertiary/aromatic N) is 3. The van der Waals surface area contributed by atoms with Gasteiger partial charge in [0.05, 0.1) is 5.41 Å². The van der Waals surface area contributed by atoms with Gasteiger partial charge in [-0.15, -0.1) is 11.3 Å². The molecule has 0 radical (unpaired) electrons. The van der Waals surface area contributed by atoms with Gasteiger partial charge < -0.3 is 9.80 Å². The van der Waals surface area contributed by atoms with Crippen LogP contribution in [0.15, 0.2) is 15.7 Å². The molecule has 2 atom stereocenters. The van der Waals surface area contributed by atoms with Gasteiger partial charge in [0.15, 0.2) is 0 Å². The molecule has 1 aromatic heterocycles. The minimum atomic E-state index is -3.41. The average Bonchev–Trinajstić information content (AvgIpc) is 3.49. The smallest absolute Gasteiger partial charge is 0.252 e. The maximum Gasteiger partial charge on any atom is 0.252 e. The van der Waals surface area contributed by atoms with Gasteiger partial charge in [0, 0.05) is 39.3 Å². The zero-order chi connectivity index (χ0) is 21.1. The molecule has 1 aliphatic carbocycles. The minimum Gasteiger partial charge on any atom is -0.342 e. The number of thiophene rings is 1. The van der Waals surface area contributed by atoms with Gasteiger partial charge in [-0.05, 0) is 80.8 Å². The number of sulfonamides is 1. The summed E-state index contributed by atoms with van der Waals surface area (Å²) in [5, 5.41) is 1.86. The summed E-state index contributed by atoms with van der Waals surface area (Å²) in [5.74, 6) is 0.743. The van der Waals surface area contributed by atoms with Crippen molar-refractivity contribution in [1.82, 2.24) is 14.1 Å². The van der Waals surface area contributed by atoms with Crippen LogP contribution in [-0.2, 0) is 14.8 Å². The van der Waals surface area contributed by atoms with Crippen molar-refractivity contribution in [1.29, 1.82) is 0 Å². The molecule has 8 heteroatoms. The van der Waals surface area contributed by atoms with Crippen molar-refractivity contribution in [3.63, 3.8) is 0 Å². The van der Waals surface area contributed by atoms with Gasteiger partial charge >= 0.3 is 0 Å². The predicted octanol–water partition coefficient (Wildman–Crippen LogP) is 2.79. The van der Waals surface area contributed by atoms with Crippen molar-refractivity contribution in [2.24, 2.45) is 16.7 Å². The van der Waals surface area contributed by atoms with Gasteiger partial charge in [-0.1, -0.05) is 0 Å². The van der Waals surface area contributed by atoms with E-state index >= 15 is 0 Å². The fraction of sp³-hybridized carbons (Fsp3) is 0.773. The SMILES string of the molecule is Cc1ccsc1S(=O)(=O)N1CCC2(CC1)CC[C@@]1(C(=O)N3CCCC3)CN(C)C[C@@H]21. The lowest BCUT2D eigenvalue weighted by Crippen LogP contribution is -2.50. The Balaban J connectivity index is 1.37. The molecule has 3 saturated heterocycles. The monoisotopic (exact) mass is 451 g/mol. The third-order valence-electron chi connectivity index (χ3n) is 8.45. The molecule has 0 bridgehead atoms. The third-order valence-corrected chi connectivity index (χ3v) is 12.0. The van der Waals surface area contributed by atoms with Crippen LogP contribution in [0.5, 0.6) is 0 Å². The number of piperidine rings is 1. The van der Waals surface area contributed by atoms with Crippen LogP contribution < -0.4 is 0 Å². The van der Waals surface area contributed by atoms with Crippen molar-refractivity contribution in [2.75, 3.05) is 46.3 Å². The lowest BCUT2D eigenvalue weighted by molar-refractivity contribution is -0.142. The van der Waals surface area contributed by atoms with Crippen molar-refractivity contribution < 1.29 is 13.2 Å². The molecule has 5 rings (SSSR count). The fourth-order valence-electron chi connectivity index (χ4n) is 6.89. The molecule has 0 unspecified atom stereocenters. The second kappa shape index (κ2) is 7.29. The zero-order valence-corrected chi connectivity index (χ0v) is 19.7. The third kappa shape index (κ3) is 3.01. The summed E-state index contributed by atoms with van der Waals surface area (Å²) in [7, 11) is -1.26. The first-order valence-electron chi connectivity index (χ1n) is 11.3. The Bertz CT molecular complexity index is 929. The van der Waals surface area contributed by atoms with Crippen LogP contribution in [0.25, 0.3) is 0 Å². The summed E-state index contributed by atoms with van der Waals surface area (Å²) in [6.07, 6.45) is 6.05. The van der Waals surface area contributed by atoms with Crippen LogP contribution in [0.3, 0.4) is 0 Å². The van der Waals surface area contributed by atoms with Crippen LogP contribution in [0.4, 0.5) is 0 Å². The average molecular weight is 452 g/mol. The van der Waals surface area contributed by atoms with Crippen LogP contribution >= 0.6 is 11.3 Å². The number of rotatable bonds is 3. The van der Waals surface area contributed by atoms with E-state index in [9.17, 15) is 13.2 Å². The molecule has 1 aromatic rings. The number of likely N-dealkylation sites (tertiary alicyclic amines) is 2. The van der Waals surface area contributed by atoms with Gasteiger partial charge in [-0.3, -0.25) is 4.79 Å². The van der Waals surface area contributed by atoms with E-state index in [1.807, 2.05) is 18.4 Å². The molecule has 0 N–H and O–H groups in total. The number of aryl methyl sites for hydroxylation is 1. The van der Waals surface area contributed by atoms with Crippen molar-refractivity contribution in [3.8, 4) is 0 Å². The largest absolute Gasteiger partial charge is 0.342 e. The molecule has 6 nitrogen and oxygen atoms in total. The highest BCUT2D eigenvalue weighted by Gasteiger charge is 2.64. The lowest BCUT2D eigenvalue weighted by atomic mass is 9.66. The van der Waals surface area contributed by atoms with Gasteiger partial charge in [-0.25, -0.2) is 8.42 Å². The first-order chi connectivity index (χ1) is 14.3. The van der Waals surface area contributed by atoms with E-state index in [2.05, 4.69) is 16.8 Å². The van der Waals surface area contributed by atoms with Crippen LogP contribution in [0.1, 0.15) is 44.1 Å². The van der Waals surface area contributed by atoms with Gasteiger partial charge in [0.2, 0.25) is 5.91 Å². The van der Waals surface area contributed by atoms with E-state index < -0.39 is 10.0 Å². The lowest BCUT2D eigenvalue weighted by Gasteiger charge is -2.44. The molecule has 30 heavy (non-hydrogen) atoms. The van der Waals surface area contributed by atoms with E-state index in [4.69, 9.17) is 0 Å². The predicted molar refractivity (Wildman–Crippen MR) is 118 cm³/mol. The molecule has 4 aliphatic rings. The Morgan fingerprint density at radius 3 is 2.43 bits per heavy atom. The number of carbonyl (C=O) groups is 1. The van der Waals surface area contributed by atoms with Crippen molar-refractivity contribution >= 4 is 27.3 Å². The molecule has 4 heterocycles. The number of hydrogen-bond acceptors (Lipinski definition) is 5. The number of carbonyl (C=O) groups excluding carboxylic acids is 1. The second-order valence-corrected chi connectivity index (χ2v) is 13.1. The normalized spacial score (nSPS) is 32.2. The maximum atomic E-state index is 13.6. The molecule has 1 spiro atoms. The summed E-state index contributed by atoms with van der Waals surface area (Å²) >= 11 is 1.32. The Labute approximate surface area is 184 Å². The maximum absolute atomic E-state index is 13.6. The standard InChI is InChI=1S/C22H33N3O3S2/c1-17-5-14-29-19(17)30(27,28)25-12-8-21(9-13-25)6-7-22(16-23(2)15-18(21)22)20(26)24-10-3-4-11-24/h5,14,18H,3-4,6-13,15-16H2,1-2H3/t18-,22+/m0/s1. The molecular formula is C22H33N3O3S2. The summed E-state index contributed by atoms with van der Waals surface area (Å²) in [4.78, 5) is 18.1. The zero-order valence-electron chi connectivity index (χ0n) is 18.1. The van der Waals surface area contributed by atoms with E-state index in [0.717, 1.165) is 70.3 Å². The van der Waals surface area contributed by atoms with Crippen LogP contribution in [0.2, 0.25) is 0 Å². The summed E-state index contributed by atoms with van der Waals surface area (Å²) < 4.78 is 28.5. The van der Waals surface area contributed by atoms with Crippen LogP contribution in [0, 0.1) is 23.7 Å². The van der Waals surface area contributed by atoms with E-state index in [1.54, 1.807) is 4.31 Å². The van der Waals surface area contributed by atoms with Crippen molar-refractivity contribution in [3.05, 3.63) is 17.0 Å². The van der Waals surface area contributed by atoms with Gasteiger partial charge in [-0.2, -0.15) is 4.31 Å². The quantitative estimate of drug-likeness (QED) is 0.709. The summed E-state index contributed by atoms with van der Waals surface area (Å²) in [6, 6.07) is 1.88. The van der Waals surface area contributed by atoms with Crippen molar-refractivity contribution in [2.45, 2.75) is 49.7 Å². The van der Waals surface area contributed by atoms with E-state index in [1.165, 1.54) is 11.3 Å². The first kappa shape index (κ1) is 20.9. The molecule has 1 saturated carbocycles. The summed E-state index contributed by atoms with van der Waals surface area (Å²) in [6.45, 7) is 6.69. The van der Waals surface area contributed by atoms with Gasteiger partial charge in [0.1, 0.15) is 4.21 Å². The minimum absolute atomic E-state index is 0.108. The topological polar surface area (TPSA) is 60.9 Å². The van der Waals surface area contributed by atoms with E-state index in [-0.39, 0.29) is 10.8 Å². The van der Waals surface area contributed by atoms with Crippen LogP contribution in [-0.4, -0.2) is 74.7 Å². The Morgan fingerprint density at radius 1 is 1.10 bits per heavy atom. The second-order valence-electron chi connectivity index (χ2n) is 10.1. The number of hydrogen-bond donors (Lipinski definition) is 0. The number of fused-ring (bicyclic) bond motifs is 2.